The van der Waals surface area contributed by atoms with Crippen molar-refractivity contribution in [3.8, 4) is 17.2 Å². The highest BCUT2D eigenvalue weighted by atomic mass is 16.7. The summed E-state index contributed by atoms with van der Waals surface area (Å²) in [4.78, 5) is 27.2. The molecule has 0 spiro atoms. The number of hydrogen-bond acceptors (Lipinski definition) is 10. The van der Waals surface area contributed by atoms with Crippen LogP contribution >= 0.6 is 0 Å². The summed E-state index contributed by atoms with van der Waals surface area (Å²) in [6.45, 7) is 6.28. The first kappa shape index (κ1) is 38.8. The summed E-state index contributed by atoms with van der Waals surface area (Å²) in [7, 11) is 0. The number of aromatic nitrogens is 5. The molecule has 2 aromatic heterocycles. The zero-order valence-electron chi connectivity index (χ0n) is 33.2. The smallest absolute Gasteiger partial charge is 0.343 e. The van der Waals surface area contributed by atoms with Gasteiger partial charge in [0.25, 0.3) is 0 Å². The molecule has 0 saturated carbocycles. The van der Waals surface area contributed by atoms with Crippen LogP contribution in [0.1, 0.15) is 64.9 Å². The highest BCUT2D eigenvalue weighted by Gasteiger charge is 2.42. The lowest BCUT2D eigenvalue weighted by Gasteiger charge is -2.36. The fraction of sp³-hybridized carbons (Fsp3) is 0.213. The molecule has 12 heteroatoms. The van der Waals surface area contributed by atoms with Gasteiger partial charge in [-0.1, -0.05) is 116 Å². The number of hydrogen-bond donors (Lipinski definition) is 1. The van der Waals surface area contributed by atoms with Crippen molar-refractivity contribution in [3.05, 3.63) is 179 Å². The molecule has 0 aliphatic carbocycles. The maximum atomic E-state index is 13.3. The molecule has 0 amide bonds. The standard InChI is InChI=1S/C47H45N7O5/c1-4-16-42(55)58-32-59-45(56)39-23-15-24-40-43(39)53(46(48-40)57-5-2)31-34-25-27-38(28-26-34)52-30-33(3)29-41(52)44-49-50-51-54(44)47(35-17-9-6-10-18-35,36-19-11-7-12-20-36)37-21-13-8-14-22-37/h6-15,17-30,46,48H,4-5,16,31-32H2,1-3H3. The van der Waals surface area contributed by atoms with Gasteiger partial charge in [0.1, 0.15) is 5.54 Å². The van der Waals surface area contributed by atoms with E-state index in [0.29, 0.717) is 36.6 Å². The van der Waals surface area contributed by atoms with Crippen molar-refractivity contribution in [2.24, 2.45) is 0 Å². The number of nitrogens with one attached hydrogen (secondary N) is 1. The van der Waals surface area contributed by atoms with Gasteiger partial charge in [-0.05, 0) is 88.8 Å². The third-order valence-corrected chi connectivity index (χ3v) is 10.4. The van der Waals surface area contributed by atoms with Crippen LogP contribution in [0.15, 0.2) is 146 Å². The molecule has 298 valence electrons. The van der Waals surface area contributed by atoms with E-state index in [2.05, 4.69) is 94.9 Å². The van der Waals surface area contributed by atoms with Crippen molar-refractivity contribution in [1.82, 2.24) is 24.8 Å². The van der Waals surface area contributed by atoms with Gasteiger partial charge >= 0.3 is 11.9 Å². The second-order valence-corrected chi connectivity index (χ2v) is 14.3. The molecule has 3 heterocycles. The minimum absolute atomic E-state index is 0.256. The number of tetrazole rings is 1. The van der Waals surface area contributed by atoms with Gasteiger partial charge in [0.15, 0.2) is 0 Å². The van der Waals surface area contributed by atoms with Crippen LogP contribution in [-0.4, -0.2) is 56.5 Å². The van der Waals surface area contributed by atoms with Crippen molar-refractivity contribution in [2.75, 3.05) is 23.6 Å². The zero-order chi connectivity index (χ0) is 40.8. The molecule has 59 heavy (non-hydrogen) atoms. The van der Waals surface area contributed by atoms with Crippen LogP contribution in [0.4, 0.5) is 11.4 Å². The van der Waals surface area contributed by atoms with E-state index in [1.807, 2.05) is 84.1 Å². The van der Waals surface area contributed by atoms with E-state index < -0.39 is 30.6 Å². The first-order valence-corrected chi connectivity index (χ1v) is 19.8. The maximum absolute atomic E-state index is 13.3. The molecule has 1 atom stereocenters. The Hall–Kier alpha value is -7.05. The van der Waals surface area contributed by atoms with Gasteiger partial charge < -0.3 is 29.0 Å². The molecule has 0 bridgehead atoms. The van der Waals surface area contributed by atoms with Crippen molar-refractivity contribution >= 4 is 23.3 Å². The van der Waals surface area contributed by atoms with Crippen LogP contribution in [-0.2, 0) is 31.1 Å². The van der Waals surface area contributed by atoms with Gasteiger partial charge in [0.05, 0.1) is 22.6 Å². The summed E-state index contributed by atoms with van der Waals surface area (Å²) < 4.78 is 20.6. The average molecular weight is 788 g/mol. The lowest BCUT2D eigenvalue weighted by atomic mass is 9.77. The summed E-state index contributed by atoms with van der Waals surface area (Å²) in [5.41, 5.74) is 7.62. The van der Waals surface area contributed by atoms with Crippen LogP contribution in [0.5, 0.6) is 0 Å². The van der Waals surface area contributed by atoms with Gasteiger partial charge in [0.2, 0.25) is 19.0 Å². The maximum Gasteiger partial charge on any atom is 0.343 e. The van der Waals surface area contributed by atoms with Gasteiger partial charge in [0, 0.05) is 31.5 Å². The first-order valence-electron chi connectivity index (χ1n) is 19.8. The molecule has 0 saturated heterocycles. The van der Waals surface area contributed by atoms with E-state index in [1.165, 1.54) is 0 Å². The average Bonchev–Trinajstić information content (AvgIpc) is 4.00. The Morgan fingerprint density at radius 1 is 0.780 bits per heavy atom. The SMILES string of the molecule is CCCC(=O)OCOC(=O)c1cccc2c1N(Cc1ccc(-n3cc(C)cc3-c3nnnn3C(c3ccccc3)(c3ccccc3)c3ccccc3)cc1)C(OCC)N2. The molecule has 0 radical (unpaired) electrons. The number of aryl methyl sites for hydroxylation is 1. The zero-order valence-corrected chi connectivity index (χ0v) is 33.2. The van der Waals surface area contributed by atoms with Crippen LogP contribution in [0, 0.1) is 6.92 Å². The molecule has 1 N–H and O–H groups in total. The number of ether oxygens (including phenoxy) is 3. The Morgan fingerprint density at radius 3 is 2.03 bits per heavy atom. The van der Waals surface area contributed by atoms with Crippen LogP contribution in [0.25, 0.3) is 17.2 Å². The van der Waals surface area contributed by atoms with Crippen LogP contribution < -0.4 is 10.2 Å². The number of esters is 2. The first-order chi connectivity index (χ1) is 28.9. The number of benzene rings is 5. The van der Waals surface area contributed by atoms with Gasteiger partial charge in [-0.25, -0.2) is 9.48 Å². The number of anilines is 2. The molecule has 1 unspecified atom stereocenters. The second kappa shape index (κ2) is 17.2. The predicted octanol–water partition coefficient (Wildman–Crippen LogP) is 8.49. The number of fused-ring (bicyclic) bond motifs is 1. The third-order valence-electron chi connectivity index (χ3n) is 10.4. The lowest BCUT2D eigenvalue weighted by Crippen LogP contribution is -2.39. The fourth-order valence-corrected chi connectivity index (χ4v) is 7.83. The topological polar surface area (TPSA) is 126 Å². The summed E-state index contributed by atoms with van der Waals surface area (Å²) in [6, 6.07) is 46.8. The Morgan fingerprint density at radius 2 is 1.42 bits per heavy atom. The molecule has 7 aromatic rings. The van der Waals surface area contributed by atoms with Crippen LogP contribution in [0.2, 0.25) is 0 Å². The normalized spacial score (nSPS) is 13.5. The Balaban J connectivity index is 1.14. The van der Waals surface area contributed by atoms with E-state index >= 15 is 0 Å². The van der Waals surface area contributed by atoms with Crippen molar-refractivity contribution in [3.63, 3.8) is 0 Å². The van der Waals surface area contributed by atoms with E-state index in [9.17, 15) is 9.59 Å². The molecular weight excluding hydrogens is 743 g/mol. The van der Waals surface area contributed by atoms with E-state index in [1.54, 1.807) is 12.1 Å². The number of carbonyl (C=O) groups is 2. The van der Waals surface area contributed by atoms with E-state index in [4.69, 9.17) is 24.5 Å². The summed E-state index contributed by atoms with van der Waals surface area (Å²) in [5.74, 6) is -0.418. The van der Waals surface area contributed by atoms with Gasteiger partial charge in [-0.2, -0.15) is 0 Å². The quantitative estimate of drug-likeness (QED) is 0.0615. The molecule has 0 fully saturated rings. The van der Waals surface area contributed by atoms with Crippen molar-refractivity contribution < 1.29 is 23.8 Å². The molecule has 5 aromatic carbocycles. The number of para-hydroxylation sites is 1. The monoisotopic (exact) mass is 787 g/mol. The Bertz CT molecular complexity index is 2420. The predicted molar refractivity (Wildman–Crippen MR) is 225 cm³/mol. The molecular formula is C47H45N7O5. The largest absolute Gasteiger partial charge is 0.428 e. The van der Waals surface area contributed by atoms with E-state index in [-0.39, 0.29) is 6.42 Å². The minimum Gasteiger partial charge on any atom is -0.428 e. The summed E-state index contributed by atoms with van der Waals surface area (Å²) in [5, 5.41) is 17.2. The number of nitrogens with zero attached hydrogens (tertiary/aromatic N) is 6. The van der Waals surface area contributed by atoms with Gasteiger partial charge in [-0.15, -0.1) is 5.10 Å². The molecule has 1 aliphatic heterocycles. The Kier molecular flexibility index (Phi) is 11.3. The molecule has 1 aliphatic rings. The van der Waals surface area contributed by atoms with Crippen LogP contribution in [0.3, 0.4) is 0 Å². The minimum atomic E-state index is -0.905. The lowest BCUT2D eigenvalue weighted by molar-refractivity contribution is -0.152. The second-order valence-electron chi connectivity index (χ2n) is 14.3. The van der Waals surface area contributed by atoms with Crippen molar-refractivity contribution in [2.45, 2.75) is 52.0 Å². The summed E-state index contributed by atoms with van der Waals surface area (Å²) >= 11 is 0. The fourth-order valence-electron chi connectivity index (χ4n) is 7.83. The van der Waals surface area contributed by atoms with Crippen molar-refractivity contribution in [1.29, 1.82) is 0 Å². The molecule has 8 rings (SSSR count). The van der Waals surface area contributed by atoms with E-state index in [0.717, 1.165) is 44.9 Å². The number of rotatable bonds is 15. The van der Waals surface area contributed by atoms with Gasteiger partial charge in [-0.3, -0.25) is 4.79 Å². The highest BCUT2D eigenvalue weighted by molar-refractivity contribution is 6.00. The highest BCUT2D eigenvalue weighted by Crippen LogP contribution is 2.43. The number of carbonyl (C=O) groups excluding carboxylic acids is 2. The Labute approximate surface area is 343 Å². The third kappa shape index (κ3) is 7.58. The summed E-state index contributed by atoms with van der Waals surface area (Å²) in [6.07, 6.45) is 2.46. The molecule has 12 nitrogen and oxygen atoms in total.